The first-order valence-corrected chi connectivity index (χ1v) is 5.89. The van der Waals surface area contributed by atoms with Crippen molar-refractivity contribution in [3.8, 4) is 0 Å². The standard InChI is InChI=1S/C12H13ClFN3/c1-2-6-17-8-15-16-12(17)7-9-10(13)4-3-5-11(9)14/h3-5,8H,2,6-7H2,1H3. The van der Waals surface area contributed by atoms with E-state index in [9.17, 15) is 4.39 Å². The number of aryl methyl sites for hydroxylation is 1. The molecular weight excluding hydrogens is 241 g/mol. The normalized spacial score (nSPS) is 10.8. The Hall–Kier alpha value is -1.42. The summed E-state index contributed by atoms with van der Waals surface area (Å²) in [5.74, 6) is 0.433. The van der Waals surface area contributed by atoms with Crippen LogP contribution in [0.2, 0.25) is 5.02 Å². The first-order chi connectivity index (χ1) is 8.22. The van der Waals surface area contributed by atoms with Crippen LogP contribution < -0.4 is 0 Å². The molecular formula is C12H13ClFN3. The highest BCUT2D eigenvalue weighted by atomic mass is 35.5. The molecule has 1 heterocycles. The fraction of sp³-hybridized carbons (Fsp3) is 0.333. The summed E-state index contributed by atoms with van der Waals surface area (Å²) < 4.78 is 15.5. The van der Waals surface area contributed by atoms with Crippen LogP contribution in [0.5, 0.6) is 0 Å². The topological polar surface area (TPSA) is 30.7 Å². The van der Waals surface area contributed by atoms with Crippen LogP contribution in [-0.4, -0.2) is 14.8 Å². The molecule has 0 N–H and O–H groups in total. The fourth-order valence-electron chi connectivity index (χ4n) is 1.70. The summed E-state index contributed by atoms with van der Waals surface area (Å²) in [6.07, 6.45) is 3.01. The number of hydrogen-bond acceptors (Lipinski definition) is 2. The molecule has 0 aliphatic rings. The molecule has 0 radical (unpaired) electrons. The van der Waals surface area contributed by atoms with E-state index in [-0.39, 0.29) is 5.82 Å². The fourth-order valence-corrected chi connectivity index (χ4v) is 1.93. The molecule has 1 aromatic carbocycles. The van der Waals surface area contributed by atoms with Gasteiger partial charge in [-0.15, -0.1) is 10.2 Å². The molecule has 0 spiro atoms. The molecule has 0 saturated heterocycles. The van der Waals surface area contributed by atoms with Gasteiger partial charge in [0.05, 0.1) is 0 Å². The second-order valence-corrected chi connectivity index (χ2v) is 4.22. The maximum Gasteiger partial charge on any atom is 0.137 e. The number of benzene rings is 1. The molecule has 0 unspecified atom stereocenters. The van der Waals surface area contributed by atoms with Crippen molar-refractivity contribution in [2.75, 3.05) is 0 Å². The van der Waals surface area contributed by atoms with Gasteiger partial charge in [0, 0.05) is 23.6 Å². The largest absolute Gasteiger partial charge is 0.317 e. The quantitative estimate of drug-likeness (QED) is 0.838. The first kappa shape index (κ1) is 12.0. The lowest BCUT2D eigenvalue weighted by atomic mass is 10.1. The van der Waals surface area contributed by atoms with Gasteiger partial charge in [-0.1, -0.05) is 24.6 Å². The molecule has 1 aromatic heterocycles. The van der Waals surface area contributed by atoms with Crippen LogP contribution in [0.1, 0.15) is 24.7 Å². The molecule has 17 heavy (non-hydrogen) atoms. The molecule has 90 valence electrons. The SMILES string of the molecule is CCCn1cnnc1Cc1c(F)cccc1Cl. The maximum atomic E-state index is 13.6. The number of hydrogen-bond donors (Lipinski definition) is 0. The summed E-state index contributed by atoms with van der Waals surface area (Å²) in [4.78, 5) is 0. The van der Waals surface area contributed by atoms with Crippen LogP contribution in [0, 0.1) is 5.82 Å². The van der Waals surface area contributed by atoms with Gasteiger partial charge in [-0.25, -0.2) is 4.39 Å². The van der Waals surface area contributed by atoms with Crippen molar-refractivity contribution in [1.82, 2.24) is 14.8 Å². The van der Waals surface area contributed by atoms with Gasteiger partial charge in [0.1, 0.15) is 18.0 Å². The van der Waals surface area contributed by atoms with E-state index in [1.165, 1.54) is 6.07 Å². The van der Waals surface area contributed by atoms with Gasteiger partial charge in [-0.2, -0.15) is 0 Å². The van der Waals surface area contributed by atoms with Crippen molar-refractivity contribution < 1.29 is 4.39 Å². The van der Waals surface area contributed by atoms with Gasteiger partial charge in [-0.05, 0) is 18.6 Å². The highest BCUT2D eigenvalue weighted by molar-refractivity contribution is 6.31. The number of aromatic nitrogens is 3. The molecule has 0 fully saturated rings. The van der Waals surface area contributed by atoms with Crippen LogP contribution >= 0.6 is 11.6 Å². The molecule has 0 bridgehead atoms. The summed E-state index contributed by atoms with van der Waals surface area (Å²) in [5, 5.41) is 8.27. The van der Waals surface area contributed by atoms with Gasteiger partial charge >= 0.3 is 0 Å². The minimum absolute atomic E-state index is 0.302. The zero-order valence-electron chi connectivity index (χ0n) is 9.53. The van der Waals surface area contributed by atoms with Crippen LogP contribution in [0.25, 0.3) is 0 Å². The van der Waals surface area contributed by atoms with E-state index >= 15 is 0 Å². The van der Waals surface area contributed by atoms with Crippen molar-refractivity contribution in [3.63, 3.8) is 0 Å². The molecule has 0 amide bonds. The Balaban J connectivity index is 2.28. The van der Waals surface area contributed by atoms with Crippen molar-refractivity contribution in [1.29, 1.82) is 0 Å². The maximum absolute atomic E-state index is 13.6. The van der Waals surface area contributed by atoms with Crippen LogP contribution in [-0.2, 0) is 13.0 Å². The van der Waals surface area contributed by atoms with Gasteiger partial charge in [0.2, 0.25) is 0 Å². The Morgan fingerprint density at radius 3 is 2.94 bits per heavy atom. The molecule has 2 aromatic rings. The van der Waals surface area contributed by atoms with Crippen molar-refractivity contribution >= 4 is 11.6 Å². The van der Waals surface area contributed by atoms with Gasteiger partial charge in [0.15, 0.2) is 0 Å². The zero-order valence-corrected chi connectivity index (χ0v) is 10.3. The molecule has 0 aliphatic carbocycles. The summed E-state index contributed by atoms with van der Waals surface area (Å²) >= 11 is 5.98. The third kappa shape index (κ3) is 2.64. The van der Waals surface area contributed by atoms with Crippen molar-refractivity contribution in [2.45, 2.75) is 26.3 Å². The lowest BCUT2D eigenvalue weighted by Crippen LogP contribution is -2.05. The summed E-state index contributed by atoms with van der Waals surface area (Å²) in [6.45, 7) is 2.90. The van der Waals surface area contributed by atoms with Gasteiger partial charge in [-0.3, -0.25) is 0 Å². The summed E-state index contributed by atoms with van der Waals surface area (Å²) in [5.41, 5.74) is 0.472. The second-order valence-electron chi connectivity index (χ2n) is 3.82. The Bertz CT molecular complexity index is 490. The monoisotopic (exact) mass is 253 g/mol. The minimum atomic E-state index is -0.302. The highest BCUT2D eigenvalue weighted by Crippen LogP contribution is 2.21. The Labute approximate surface area is 104 Å². The van der Waals surface area contributed by atoms with Crippen LogP contribution in [0.3, 0.4) is 0 Å². The third-order valence-corrected chi connectivity index (χ3v) is 2.91. The van der Waals surface area contributed by atoms with Gasteiger partial charge in [0.25, 0.3) is 0 Å². The zero-order chi connectivity index (χ0) is 12.3. The van der Waals surface area contributed by atoms with E-state index < -0.39 is 0 Å². The molecule has 2 rings (SSSR count). The number of halogens is 2. The molecule has 5 heteroatoms. The van der Waals surface area contributed by atoms with E-state index in [4.69, 9.17) is 11.6 Å². The van der Waals surface area contributed by atoms with Crippen LogP contribution in [0.15, 0.2) is 24.5 Å². The smallest absolute Gasteiger partial charge is 0.137 e. The highest BCUT2D eigenvalue weighted by Gasteiger charge is 2.11. The second kappa shape index (κ2) is 5.27. The van der Waals surface area contributed by atoms with E-state index in [1.54, 1.807) is 18.5 Å². The van der Waals surface area contributed by atoms with E-state index in [0.29, 0.717) is 17.0 Å². The third-order valence-electron chi connectivity index (χ3n) is 2.56. The van der Waals surface area contributed by atoms with Crippen LogP contribution in [0.4, 0.5) is 4.39 Å². The predicted octanol–water partition coefficient (Wildman–Crippen LogP) is 3.07. The minimum Gasteiger partial charge on any atom is -0.317 e. The Kier molecular flexibility index (Phi) is 3.74. The van der Waals surface area contributed by atoms with E-state index in [2.05, 4.69) is 17.1 Å². The van der Waals surface area contributed by atoms with Crippen molar-refractivity contribution in [2.24, 2.45) is 0 Å². The lowest BCUT2D eigenvalue weighted by molar-refractivity contribution is 0.602. The van der Waals surface area contributed by atoms with E-state index in [0.717, 1.165) is 18.8 Å². The predicted molar refractivity (Wildman–Crippen MR) is 64.5 cm³/mol. The van der Waals surface area contributed by atoms with Crippen molar-refractivity contribution in [3.05, 3.63) is 46.8 Å². The summed E-state index contributed by atoms with van der Waals surface area (Å²) in [7, 11) is 0. The molecule has 0 saturated carbocycles. The number of nitrogens with zero attached hydrogens (tertiary/aromatic N) is 3. The Morgan fingerprint density at radius 2 is 2.24 bits per heavy atom. The lowest BCUT2D eigenvalue weighted by Gasteiger charge is -2.07. The molecule has 0 aliphatic heterocycles. The first-order valence-electron chi connectivity index (χ1n) is 5.52. The number of rotatable bonds is 4. The molecule has 3 nitrogen and oxygen atoms in total. The average molecular weight is 254 g/mol. The Morgan fingerprint density at radius 1 is 1.41 bits per heavy atom. The van der Waals surface area contributed by atoms with Gasteiger partial charge < -0.3 is 4.57 Å². The summed E-state index contributed by atoms with van der Waals surface area (Å²) in [6, 6.07) is 4.68. The molecule has 0 atom stereocenters. The van der Waals surface area contributed by atoms with E-state index in [1.807, 2.05) is 4.57 Å². The average Bonchev–Trinajstić information content (AvgIpc) is 2.72.